The minimum atomic E-state index is -0.00482. The van der Waals surface area contributed by atoms with Crippen LogP contribution in [0.5, 0.6) is 0 Å². The molecule has 3 aromatic rings. The van der Waals surface area contributed by atoms with E-state index in [1.165, 1.54) is 5.56 Å². The molecule has 0 spiro atoms. The lowest BCUT2D eigenvalue weighted by molar-refractivity contribution is -0.121. The second kappa shape index (κ2) is 8.08. The lowest BCUT2D eigenvalue weighted by Crippen LogP contribution is -2.29. The molecule has 1 heterocycles. The Morgan fingerprint density at radius 3 is 2.36 bits per heavy atom. The van der Waals surface area contributed by atoms with E-state index in [2.05, 4.69) is 41.5 Å². The Bertz CT molecular complexity index is 825. The summed E-state index contributed by atoms with van der Waals surface area (Å²) in [4.78, 5) is 16.9. The highest BCUT2D eigenvalue weighted by Crippen LogP contribution is 2.22. The normalized spacial score (nSPS) is 11.9. The molecule has 0 aliphatic carbocycles. The van der Waals surface area contributed by atoms with E-state index in [0.717, 1.165) is 28.2 Å². The molecule has 0 fully saturated rings. The zero-order valence-electron chi connectivity index (χ0n) is 14.5. The second-order valence-corrected chi connectivity index (χ2v) is 6.98. The summed E-state index contributed by atoms with van der Waals surface area (Å²) < 4.78 is 0. The van der Waals surface area contributed by atoms with Crippen molar-refractivity contribution in [2.75, 3.05) is 0 Å². The summed E-state index contributed by atoms with van der Waals surface area (Å²) >= 11 is 1.60. The van der Waals surface area contributed by atoms with Gasteiger partial charge in [-0.15, -0.1) is 11.3 Å². The van der Waals surface area contributed by atoms with Crippen LogP contribution >= 0.6 is 11.3 Å². The Hall–Kier alpha value is -2.46. The average molecular weight is 350 g/mol. The third-order valence-corrected chi connectivity index (χ3v) is 5.18. The number of aryl methyl sites for hydroxylation is 1. The molecule has 4 heteroatoms. The first-order chi connectivity index (χ1) is 12.2. The monoisotopic (exact) mass is 350 g/mol. The molecule has 0 saturated carbocycles. The highest BCUT2D eigenvalue weighted by Gasteiger charge is 2.16. The number of hydrogen-bond donors (Lipinski definition) is 1. The van der Waals surface area contributed by atoms with E-state index in [-0.39, 0.29) is 11.9 Å². The van der Waals surface area contributed by atoms with Crippen LogP contribution in [0, 0.1) is 6.92 Å². The molecule has 1 N–H and O–H groups in total. The van der Waals surface area contributed by atoms with Gasteiger partial charge in [-0.05, 0) is 30.0 Å². The zero-order chi connectivity index (χ0) is 17.6. The number of carbonyl (C=O) groups excluding carboxylic acids is 1. The number of aromatic nitrogens is 1. The molecule has 0 aliphatic heterocycles. The van der Waals surface area contributed by atoms with Crippen LogP contribution in [0.1, 0.15) is 35.7 Å². The number of rotatable bonds is 6. The highest BCUT2D eigenvalue weighted by molar-refractivity contribution is 7.09. The summed E-state index contributed by atoms with van der Waals surface area (Å²) in [7, 11) is 0. The Morgan fingerprint density at radius 2 is 1.76 bits per heavy atom. The second-order valence-electron chi connectivity index (χ2n) is 6.10. The minimum absolute atomic E-state index is 0.00482. The fourth-order valence-electron chi connectivity index (χ4n) is 2.75. The van der Waals surface area contributed by atoms with Gasteiger partial charge in [0.15, 0.2) is 0 Å². The van der Waals surface area contributed by atoms with E-state index in [4.69, 9.17) is 0 Å². The van der Waals surface area contributed by atoms with Crippen molar-refractivity contribution in [3.8, 4) is 11.1 Å². The molecular weight excluding hydrogens is 328 g/mol. The Kier molecular flexibility index (Phi) is 5.61. The van der Waals surface area contributed by atoms with Gasteiger partial charge in [0.25, 0.3) is 0 Å². The molecular formula is C21H22N2OS. The zero-order valence-corrected chi connectivity index (χ0v) is 15.3. The van der Waals surface area contributed by atoms with Crippen molar-refractivity contribution in [3.05, 3.63) is 76.2 Å². The first-order valence-corrected chi connectivity index (χ1v) is 9.39. The van der Waals surface area contributed by atoms with Gasteiger partial charge >= 0.3 is 0 Å². The highest BCUT2D eigenvalue weighted by atomic mass is 32.1. The predicted octanol–water partition coefficient (Wildman–Crippen LogP) is 4.93. The van der Waals surface area contributed by atoms with Crippen LogP contribution in [0.15, 0.2) is 60.0 Å². The molecule has 0 saturated heterocycles. The molecule has 3 rings (SSSR count). The summed E-state index contributed by atoms with van der Waals surface area (Å²) in [6, 6.07) is 18.4. The summed E-state index contributed by atoms with van der Waals surface area (Å²) in [6.07, 6.45) is 1.22. The molecule has 1 aromatic heterocycles. The first kappa shape index (κ1) is 17.4. The molecule has 0 aliphatic rings. The third kappa shape index (κ3) is 4.54. The van der Waals surface area contributed by atoms with Gasteiger partial charge in [0.05, 0.1) is 12.5 Å². The van der Waals surface area contributed by atoms with E-state index in [1.807, 2.05) is 42.6 Å². The Labute approximate surface area is 152 Å². The fraction of sp³-hybridized carbons (Fsp3) is 0.238. The van der Waals surface area contributed by atoms with E-state index < -0.39 is 0 Å². The number of carbonyl (C=O) groups is 1. The lowest BCUT2D eigenvalue weighted by Gasteiger charge is -2.14. The molecule has 1 atom stereocenters. The van der Waals surface area contributed by atoms with E-state index >= 15 is 0 Å². The number of benzene rings is 2. The maximum Gasteiger partial charge on any atom is 0.224 e. The quantitative estimate of drug-likeness (QED) is 0.685. The van der Waals surface area contributed by atoms with Crippen molar-refractivity contribution < 1.29 is 4.79 Å². The van der Waals surface area contributed by atoms with E-state index in [9.17, 15) is 4.79 Å². The number of nitrogens with zero attached hydrogens (tertiary/aromatic N) is 1. The molecule has 128 valence electrons. The summed E-state index contributed by atoms with van der Waals surface area (Å²) in [5.74, 6) is 0.0344. The van der Waals surface area contributed by atoms with Crippen LogP contribution in [0.3, 0.4) is 0 Å². The van der Waals surface area contributed by atoms with Crippen LogP contribution in [-0.4, -0.2) is 10.9 Å². The van der Waals surface area contributed by atoms with Crippen molar-refractivity contribution >= 4 is 17.2 Å². The largest absolute Gasteiger partial charge is 0.347 e. The SMILES string of the molecule is CCC(NC(=O)Cc1ccc(-c2ccccc2)cc1)c1nc(C)cs1. The van der Waals surface area contributed by atoms with Crippen LogP contribution in [0.2, 0.25) is 0 Å². The van der Waals surface area contributed by atoms with Gasteiger partial charge in [-0.25, -0.2) is 4.98 Å². The van der Waals surface area contributed by atoms with Crippen molar-refractivity contribution in [1.29, 1.82) is 0 Å². The minimum Gasteiger partial charge on any atom is -0.347 e. The smallest absolute Gasteiger partial charge is 0.224 e. The Morgan fingerprint density at radius 1 is 1.08 bits per heavy atom. The van der Waals surface area contributed by atoms with Gasteiger partial charge in [0.1, 0.15) is 5.01 Å². The topological polar surface area (TPSA) is 42.0 Å². The van der Waals surface area contributed by atoms with Crippen LogP contribution in [-0.2, 0) is 11.2 Å². The number of nitrogens with one attached hydrogen (secondary N) is 1. The van der Waals surface area contributed by atoms with Crippen molar-refractivity contribution in [2.45, 2.75) is 32.7 Å². The van der Waals surface area contributed by atoms with Gasteiger partial charge in [0.2, 0.25) is 5.91 Å². The molecule has 1 unspecified atom stereocenters. The van der Waals surface area contributed by atoms with E-state index in [1.54, 1.807) is 11.3 Å². The Balaban J connectivity index is 1.62. The molecule has 0 bridgehead atoms. The third-order valence-electron chi connectivity index (χ3n) is 4.10. The van der Waals surface area contributed by atoms with Gasteiger partial charge in [-0.3, -0.25) is 4.79 Å². The molecule has 2 aromatic carbocycles. The van der Waals surface area contributed by atoms with Crippen molar-refractivity contribution in [1.82, 2.24) is 10.3 Å². The summed E-state index contributed by atoms with van der Waals surface area (Å²) in [5, 5.41) is 6.10. The number of thiazole rings is 1. The van der Waals surface area contributed by atoms with Gasteiger partial charge in [-0.2, -0.15) is 0 Å². The molecule has 0 radical (unpaired) electrons. The van der Waals surface area contributed by atoms with Gasteiger partial charge in [0, 0.05) is 11.1 Å². The fourth-order valence-corrected chi connectivity index (χ4v) is 3.68. The average Bonchev–Trinajstić information content (AvgIpc) is 3.07. The first-order valence-electron chi connectivity index (χ1n) is 8.51. The summed E-state index contributed by atoms with van der Waals surface area (Å²) in [6.45, 7) is 4.04. The van der Waals surface area contributed by atoms with Crippen LogP contribution < -0.4 is 5.32 Å². The maximum atomic E-state index is 12.4. The van der Waals surface area contributed by atoms with Crippen LogP contribution in [0.25, 0.3) is 11.1 Å². The van der Waals surface area contributed by atoms with Gasteiger partial charge in [-0.1, -0.05) is 61.5 Å². The van der Waals surface area contributed by atoms with Crippen molar-refractivity contribution in [3.63, 3.8) is 0 Å². The molecule has 3 nitrogen and oxygen atoms in total. The summed E-state index contributed by atoms with van der Waals surface area (Å²) in [5.41, 5.74) is 4.37. The lowest BCUT2D eigenvalue weighted by atomic mass is 10.0. The number of amides is 1. The number of hydrogen-bond acceptors (Lipinski definition) is 3. The maximum absolute atomic E-state index is 12.4. The standard InChI is InChI=1S/C21H22N2OS/c1-3-19(21-22-15(2)14-25-21)23-20(24)13-16-9-11-18(12-10-16)17-7-5-4-6-8-17/h4-12,14,19H,3,13H2,1-2H3,(H,23,24). The van der Waals surface area contributed by atoms with E-state index in [0.29, 0.717) is 6.42 Å². The van der Waals surface area contributed by atoms with Gasteiger partial charge < -0.3 is 5.32 Å². The van der Waals surface area contributed by atoms with Crippen molar-refractivity contribution in [2.24, 2.45) is 0 Å². The molecule has 25 heavy (non-hydrogen) atoms. The molecule has 1 amide bonds. The van der Waals surface area contributed by atoms with Crippen LogP contribution in [0.4, 0.5) is 0 Å². The predicted molar refractivity (Wildman–Crippen MR) is 104 cm³/mol.